The van der Waals surface area contributed by atoms with Gasteiger partial charge in [0.1, 0.15) is 11.6 Å². The molecule has 2 aliphatic rings. The van der Waals surface area contributed by atoms with Gasteiger partial charge in [-0.05, 0) is 23.7 Å². The maximum atomic E-state index is 6.02. The lowest BCUT2D eigenvalue weighted by molar-refractivity contribution is 0.0187. The molecule has 0 amide bonds. The van der Waals surface area contributed by atoms with Gasteiger partial charge in [-0.2, -0.15) is 0 Å². The molecular formula is C16H27N3O. The molecule has 0 spiro atoms. The Kier molecular flexibility index (Phi) is 3.20. The quantitative estimate of drug-likeness (QED) is 0.791. The van der Waals surface area contributed by atoms with Crippen molar-refractivity contribution in [2.24, 2.45) is 10.8 Å². The molecule has 0 aromatic carbocycles. The van der Waals surface area contributed by atoms with Crippen LogP contribution in [0.25, 0.3) is 0 Å². The van der Waals surface area contributed by atoms with Crippen molar-refractivity contribution in [3.63, 3.8) is 0 Å². The summed E-state index contributed by atoms with van der Waals surface area (Å²) >= 11 is 0. The van der Waals surface area contributed by atoms with Gasteiger partial charge in [-0.1, -0.05) is 34.6 Å². The van der Waals surface area contributed by atoms with Gasteiger partial charge < -0.3 is 9.30 Å². The Hall–Kier alpha value is -0.900. The first-order valence-corrected chi connectivity index (χ1v) is 7.81. The molecule has 112 valence electrons. The van der Waals surface area contributed by atoms with Crippen molar-refractivity contribution in [2.75, 3.05) is 6.61 Å². The van der Waals surface area contributed by atoms with Gasteiger partial charge in [0.25, 0.3) is 0 Å². The molecule has 0 saturated carbocycles. The average Bonchev–Trinajstić information content (AvgIpc) is 2.91. The normalized spacial score (nSPS) is 29.4. The van der Waals surface area contributed by atoms with Crippen LogP contribution in [0.3, 0.4) is 0 Å². The van der Waals surface area contributed by atoms with Gasteiger partial charge in [-0.25, -0.2) is 0 Å². The van der Waals surface area contributed by atoms with Crippen LogP contribution in [0.15, 0.2) is 0 Å². The van der Waals surface area contributed by atoms with Crippen LogP contribution >= 0.6 is 0 Å². The summed E-state index contributed by atoms with van der Waals surface area (Å²) in [6, 6.07) is 0. The molecule has 3 heterocycles. The summed E-state index contributed by atoms with van der Waals surface area (Å²) in [6.07, 6.45) is 3.57. The molecule has 1 fully saturated rings. The number of rotatable bonds is 1. The Bertz CT molecular complexity index is 498. The Morgan fingerprint density at radius 2 is 2.00 bits per heavy atom. The number of fused-ring (bicyclic) bond motifs is 1. The van der Waals surface area contributed by atoms with Gasteiger partial charge in [-0.3, -0.25) is 0 Å². The first-order chi connectivity index (χ1) is 9.28. The fourth-order valence-electron chi connectivity index (χ4n) is 3.65. The van der Waals surface area contributed by atoms with Crippen LogP contribution in [-0.4, -0.2) is 27.5 Å². The summed E-state index contributed by atoms with van der Waals surface area (Å²) in [7, 11) is 0. The Labute approximate surface area is 121 Å². The molecule has 3 rings (SSSR count). The minimum absolute atomic E-state index is 0.151. The zero-order chi connectivity index (χ0) is 14.5. The van der Waals surface area contributed by atoms with Gasteiger partial charge in [0, 0.05) is 25.5 Å². The molecule has 0 aliphatic carbocycles. The molecule has 4 heteroatoms. The smallest absolute Gasteiger partial charge is 0.138 e. The van der Waals surface area contributed by atoms with Crippen LogP contribution in [0.4, 0.5) is 0 Å². The summed E-state index contributed by atoms with van der Waals surface area (Å²) in [5.41, 5.74) is 0.499. The molecule has 4 nitrogen and oxygen atoms in total. The van der Waals surface area contributed by atoms with E-state index in [9.17, 15) is 0 Å². The Morgan fingerprint density at radius 3 is 2.70 bits per heavy atom. The molecule has 20 heavy (non-hydrogen) atoms. The largest absolute Gasteiger partial charge is 0.377 e. The SMILES string of the molecule is CC1(C)CCc2nnc([C@H]3CCO[C@@H]3C(C)(C)C)n2C1. The van der Waals surface area contributed by atoms with E-state index in [0.29, 0.717) is 11.3 Å². The van der Waals surface area contributed by atoms with Crippen molar-refractivity contribution in [3.8, 4) is 0 Å². The lowest BCUT2D eigenvalue weighted by atomic mass is 9.80. The molecular weight excluding hydrogens is 250 g/mol. The van der Waals surface area contributed by atoms with Crippen molar-refractivity contribution in [3.05, 3.63) is 11.6 Å². The summed E-state index contributed by atoms with van der Waals surface area (Å²) < 4.78 is 8.39. The van der Waals surface area contributed by atoms with Crippen molar-refractivity contribution < 1.29 is 4.74 Å². The summed E-state index contributed by atoms with van der Waals surface area (Å²) in [4.78, 5) is 0. The van der Waals surface area contributed by atoms with E-state index in [4.69, 9.17) is 4.74 Å². The predicted molar refractivity (Wildman–Crippen MR) is 78.7 cm³/mol. The molecule has 2 aliphatic heterocycles. The van der Waals surface area contributed by atoms with Crippen LogP contribution in [0.5, 0.6) is 0 Å². The van der Waals surface area contributed by atoms with E-state index in [1.54, 1.807) is 0 Å². The first kappa shape index (κ1) is 14.1. The third-order valence-corrected chi connectivity index (χ3v) is 4.74. The lowest BCUT2D eigenvalue weighted by Gasteiger charge is -2.34. The minimum Gasteiger partial charge on any atom is -0.377 e. The molecule has 0 radical (unpaired) electrons. The summed E-state index contributed by atoms with van der Waals surface area (Å²) in [6.45, 7) is 13.3. The van der Waals surface area contributed by atoms with Crippen molar-refractivity contribution in [1.82, 2.24) is 14.8 Å². The number of hydrogen-bond acceptors (Lipinski definition) is 3. The number of aromatic nitrogens is 3. The Morgan fingerprint density at radius 1 is 1.25 bits per heavy atom. The second-order valence-corrected chi connectivity index (χ2v) is 8.28. The highest BCUT2D eigenvalue weighted by atomic mass is 16.5. The molecule has 0 bridgehead atoms. The van der Waals surface area contributed by atoms with Gasteiger partial charge >= 0.3 is 0 Å². The zero-order valence-electron chi connectivity index (χ0n) is 13.4. The summed E-state index contributed by atoms with van der Waals surface area (Å²) in [5, 5.41) is 8.98. The summed E-state index contributed by atoms with van der Waals surface area (Å²) in [5.74, 6) is 2.72. The standard InChI is InChI=1S/C16H27N3O/c1-15(2,3)13-11(7-9-20-13)14-18-17-12-6-8-16(4,5)10-19(12)14/h11,13H,6-10H2,1-5H3/t11-,13-/m0/s1. The van der Waals surface area contributed by atoms with Gasteiger partial charge in [0.05, 0.1) is 6.10 Å². The topological polar surface area (TPSA) is 39.9 Å². The van der Waals surface area contributed by atoms with Crippen molar-refractivity contribution in [2.45, 2.75) is 72.4 Å². The van der Waals surface area contributed by atoms with Gasteiger partial charge in [0.15, 0.2) is 0 Å². The molecule has 2 atom stereocenters. The average molecular weight is 277 g/mol. The van der Waals surface area contributed by atoms with Crippen LogP contribution in [0.2, 0.25) is 0 Å². The van der Waals surface area contributed by atoms with E-state index in [1.165, 1.54) is 12.2 Å². The molecule has 1 aromatic heterocycles. The second-order valence-electron chi connectivity index (χ2n) is 8.28. The first-order valence-electron chi connectivity index (χ1n) is 7.81. The van der Waals surface area contributed by atoms with E-state index in [2.05, 4.69) is 49.4 Å². The molecule has 0 unspecified atom stereocenters. The third-order valence-electron chi connectivity index (χ3n) is 4.74. The van der Waals surface area contributed by atoms with E-state index in [-0.39, 0.29) is 11.5 Å². The molecule has 1 saturated heterocycles. The maximum Gasteiger partial charge on any atom is 0.138 e. The van der Waals surface area contributed by atoms with Gasteiger partial charge in [0.2, 0.25) is 0 Å². The number of aryl methyl sites for hydroxylation is 1. The number of hydrogen-bond donors (Lipinski definition) is 0. The Balaban J connectivity index is 1.94. The van der Waals surface area contributed by atoms with Gasteiger partial charge in [-0.15, -0.1) is 10.2 Å². The lowest BCUT2D eigenvalue weighted by Crippen LogP contribution is -2.34. The fraction of sp³-hybridized carbons (Fsp3) is 0.875. The van der Waals surface area contributed by atoms with Crippen LogP contribution in [-0.2, 0) is 17.7 Å². The second kappa shape index (κ2) is 4.55. The fourth-order valence-corrected chi connectivity index (χ4v) is 3.65. The maximum absolute atomic E-state index is 6.02. The number of ether oxygens (including phenoxy) is 1. The third kappa shape index (κ3) is 2.39. The highest BCUT2D eigenvalue weighted by Gasteiger charge is 2.42. The van der Waals surface area contributed by atoms with Crippen molar-refractivity contribution in [1.29, 1.82) is 0 Å². The minimum atomic E-state index is 0.151. The molecule has 0 N–H and O–H groups in total. The van der Waals surface area contributed by atoms with Crippen LogP contribution < -0.4 is 0 Å². The zero-order valence-corrected chi connectivity index (χ0v) is 13.4. The van der Waals surface area contributed by atoms with E-state index < -0.39 is 0 Å². The van der Waals surface area contributed by atoms with E-state index in [1.807, 2.05) is 0 Å². The van der Waals surface area contributed by atoms with Crippen LogP contribution in [0.1, 0.15) is 65.0 Å². The highest BCUT2D eigenvalue weighted by molar-refractivity contribution is 5.11. The predicted octanol–water partition coefficient (Wildman–Crippen LogP) is 3.17. The van der Waals surface area contributed by atoms with E-state index >= 15 is 0 Å². The highest BCUT2D eigenvalue weighted by Crippen LogP contribution is 2.41. The molecule has 1 aromatic rings. The van der Waals surface area contributed by atoms with Crippen molar-refractivity contribution >= 4 is 0 Å². The number of nitrogens with zero attached hydrogens (tertiary/aromatic N) is 3. The monoisotopic (exact) mass is 277 g/mol. The van der Waals surface area contributed by atoms with Crippen LogP contribution in [0, 0.1) is 10.8 Å². The van der Waals surface area contributed by atoms with E-state index in [0.717, 1.165) is 31.8 Å².